The fourth-order valence-electron chi connectivity index (χ4n) is 3.97. The standard InChI is InChI=1S/C15H27N3O2S.2ClH/c19-12-9-13(16-10-12)14(20)17-11-15(3-1-2-4-15)18-5-7-21-8-6-18;;/h12-13,16,19H,1-11H2,(H,17,20);2*1H. The highest BCUT2D eigenvalue weighted by Gasteiger charge is 2.40. The molecule has 136 valence electrons. The number of rotatable bonds is 4. The van der Waals surface area contributed by atoms with Gasteiger partial charge in [-0.25, -0.2) is 0 Å². The van der Waals surface area contributed by atoms with Crippen LogP contribution in [-0.4, -0.2) is 71.3 Å². The van der Waals surface area contributed by atoms with Gasteiger partial charge in [0.1, 0.15) is 0 Å². The molecule has 0 aromatic rings. The summed E-state index contributed by atoms with van der Waals surface area (Å²) < 4.78 is 0. The van der Waals surface area contributed by atoms with Crippen LogP contribution in [0.3, 0.4) is 0 Å². The van der Waals surface area contributed by atoms with Crippen molar-refractivity contribution in [2.45, 2.75) is 49.8 Å². The molecule has 2 aliphatic heterocycles. The molecule has 3 fully saturated rings. The number of halogens is 2. The van der Waals surface area contributed by atoms with Crippen molar-refractivity contribution in [3.05, 3.63) is 0 Å². The first-order chi connectivity index (χ1) is 10.2. The summed E-state index contributed by atoms with van der Waals surface area (Å²) in [4.78, 5) is 14.9. The third-order valence-corrected chi connectivity index (χ3v) is 6.17. The Labute approximate surface area is 155 Å². The number of nitrogens with zero attached hydrogens (tertiary/aromatic N) is 1. The van der Waals surface area contributed by atoms with E-state index in [2.05, 4.69) is 15.5 Å². The van der Waals surface area contributed by atoms with Crippen molar-refractivity contribution in [3.8, 4) is 0 Å². The summed E-state index contributed by atoms with van der Waals surface area (Å²) >= 11 is 2.03. The lowest BCUT2D eigenvalue weighted by Crippen LogP contribution is -2.57. The van der Waals surface area contributed by atoms with E-state index in [1.165, 1.54) is 37.2 Å². The maximum Gasteiger partial charge on any atom is 0.237 e. The minimum atomic E-state index is -0.375. The molecule has 0 aromatic heterocycles. The van der Waals surface area contributed by atoms with Gasteiger partial charge in [-0.15, -0.1) is 24.8 Å². The van der Waals surface area contributed by atoms with Crippen molar-refractivity contribution in [2.75, 3.05) is 37.7 Å². The average molecular weight is 386 g/mol. The maximum atomic E-state index is 12.3. The normalized spacial score (nSPS) is 30.3. The number of carbonyl (C=O) groups is 1. The Bertz CT molecular complexity index is 378. The van der Waals surface area contributed by atoms with E-state index in [1.54, 1.807) is 0 Å². The molecule has 3 aliphatic rings. The molecule has 2 saturated heterocycles. The minimum Gasteiger partial charge on any atom is -0.392 e. The molecule has 0 aromatic carbocycles. The zero-order valence-electron chi connectivity index (χ0n) is 13.5. The Morgan fingerprint density at radius 3 is 2.48 bits per heavy atom. The monoisotopic (exact) mass is 385 g/mol. The smallest absolute Gasteiger partial charge is 0.237 e. The quantitative estimate of drug-likeness (QED) is 0.674. The Balaban J connectivity index is 0.00000132. The van der Waals surface area contributed by atoms with Crippen LogP contribution in [-0.2, 0) is 4.79 Å². The lowest BCUT2D eigenvalue weighted by Gasteiger charge is -2.43. The molecular formula is C15H29Cl2N3O2S. The Kier molecular flexibility index (Phi) is 8.98. The highest BCUT2D eigenvalue weighted by atomic mass is 35.5. The minimum absolute atomic E-state index is 0. The summed E-state index contributed by atoms with van der Waals surface area (Å²) in [6.07, 6.45) is 5.14. The summed E-state index contributed by atoms with van der Waals surface area (Å²) in [5.41, 5.74) is 0.188. The highest BCUT2D eigenvalue weighted by molar-refractivity contribution is 7.99. The maximum absolute atomic E-state index is 12.3. The molecular weight excluding hydrogens is 357 g/mol. The highest BCUT2D eigenvalue weighted by Crippen LogP contribution is 2.36. The van der Waals surface area contributed by atoms with Crippen molar-refractivity contribution in [1.82, 2.24) is 15.5 Å². The number of carbonyl (C=O) groups excluding carboxylic acids is 1. The van der Waals surface area contributed by atoms with Crippen molar-refractivity contribution >= 4 is 42.5 Å². The molecule has 2 atom stereocenters. The van der Waals surface area contributed by atoms with Crippen molar-refractivity contribution in [1.29, 1.82) is 0 Å². The van der Waals surface area contributed by atoms with Gasteiger partial charge in [0.15, 0.2) is 0 Å². The number of hydrogen-bond donors (Lipinski definition) is 3. The van der Waals surface area contributed by atoms with Gasteiger partial charge in [-0.2, -0.15) is 11.8 Å². The topological polar surface area (TPSA) is 64.6 Å². The summed E-state index contributed by atoms with van der Waals surface area (Å²) in [6, 6.07) is -0.213. The largest absolute Gasteiger partial charge is 0.392 e. The number of aliphatic hydroxyl groups is 1. The molecule has 3 N–H and O–H groups in total. The molecule has 1 amide bonds. The first-order valence-corrected chi connectivity index (χ1v) is 9.37. The molecule has 5 nitrogen and oxygen atoms in total. The summed E-state index contributed by atoms with van der Waals surface area (Å²) in [5, 5.41) is 15.8. The van der Waals surface area contributed by atoms with Crippen LogP contribution in [0.25, 0.3) is 0 Å². The predicted molar refractivity (Wildman–Crippen MR) is 100 cm³/mol. The van der Waals surface area contributed by atoms with Gasteiger partial charge in [0.05, 0.1) is 12.1 Å². The molecule has 3 rings (SSSR count). The summed E-state index contributed by atoms with van der Waals surface area (Å²) in [5.74, 6) is 2.49. The first kappa shape index (κ1) is 21.3. The van der Waals surface area contributed by atoms with E-state index >= 15 is 0 Å². The van der Waals surface area contributed by atoms with Crippen LogP contribution in [0.2, 0.25) is 0 Å². The van der Waals surface area contributed by atoms with Crippen molar-refractivity contribution in [2.24, 2.45) is 0 Å². The SMILES string of the molecule is Cl.Cl.O=C(NCC1(N2CCSCC2)CCCC1)C1CC(O)CN1. The van der Waals surface area contributed by atoms with E-state index in [0.29, 0.717) is 13.0 Å². The van der Waals surface area contributed by atoms with E-state index in [-0.39, 0.29) is 48.4 Å². The Morgan fingerprint density at radius 1 is 1.26 bits per heavy atom. The lowest BCUT2D eigenvalue weighted by molar-refractivity contribution is -0.123. The van der Waals surface area contributed by atoms with E-state index < -0.39 is 0 Å². The van der Waals surface area contributed by atoms with Gasteiger partial charge in [0, 0.05) is 43.2 Å². The van der Waals surface area contributed by atoms with Gasteiger partial charge in [-0.3, -0.25) is 9.69 Å². The van der Waals surface area contributed by atoms with Gasteiger partial charge in [-0.05, 0) is 19.3 Å². The van der Waals surface area contributed by atoms with Crippen LogP contribution in [0.15, 0.2) is 0 Å². The molecule has 2 unspecified atom stereocenters. The van der Waals surface area contributed by atoms with Gasteiger partial charge in [-0.1, -0.05) is 12.8 Å². The van der Waals surface area contributed by atoms with E-state index in [1.807, 2.05) is 11.8 Å². The molecule has 0 spiro atoms. The average Bonchev–Trinajstić information content (AvgIpc) is 3.16. The fraction of sp³-hybridized carbons (Fsp3) is 0.933. The van der Waals surface area contributed by atoms with Crippen molar-refractivity contribution in [3.63, 3.8) is 0 Å². The van der Waals surface area contributed by atoms with E-state index in [0.717, 1.165) is 19.6 Å². The Morgan fingerprint density at radius 2 is 1.91 bits per heavy atom. The number of thioether (sulfide) groups is 1. The Hall–Kier alpha value is 0.280. The van der Waals surface area contributed by atoms with Crippen molar-refractivity contribution < 1.29 is 9.90 Å². The fourth-order valence-corrected chi connectivity index (χ4v) is 4.87. The third-order valence-electron chi connectivity index (χ3n) is 5.23. The van der Waals surface area contributed by atoms with Gasteiger partial charge >= 0.3 is 0 Å². The number of β-amino-alcohol motifs (C(OH)–C–C–N with tert-alkyl or cyclic N) is 1. The molecule has 2 heterocycles. The van der Waals surface area contributed by atoms with Gasteiger partial charge < -0.3 is 15.7 Å². The first-order valence-electron chi connectivity index (χ1n) is 8.22. The summed E-state index contributed by atoms with van der Waals surface area (Å²) in [7, 11) is 0. The second-order valence-electron chi connectivity index (χ2n) is 6.60. The zero-order valence-corrected chi connectivity index (χ0v) is 15.9. The van der Waals surface area contributed by atoms with Crippen LogP contribution in [0, 0.1) is 0 Å². The van der Waals surface area contributed by atoms with Crippen LogP contribution in [0.1, 0.15) is 32.1 Å². The molecule has 8 heteroatoms. The second-order valence-corrected chi connectivity index (χ2v) is 7.82. The second kappa shape index (κ2) is 9.68. The molecule has 1 aliphatic carbocycles. The molecule has 1 saturated carbocycles. The van der Waals surface area contributed by atoms with Crippen LogP contribution >= 0.6 is 36.6 Å². The van der Waals surface area contributed by atoms with E-state index in [4.69, 9.17) is 0 Å². The van der Waals surface area contributed by atoms with Crippen LogP contribution < -0.4 is 10.6 Å². The number of nitrogens with one attached hydrogen (secondary N) is 2. The number of amides is 1. The van der Waals surface area contributed by atoms with E-state index in [9.17, 15) is 9.90 Å². The molecule has 0 radical (unpaired) electrons. The third kappa shape index (κ3) is 5.13. The number of hydrogen-bond acceptors (Lipinski definition) is 5. The van der Waals surface area contributed by atoms with Crippen LogP contribution in [0.4, 0.5) is 0 Å². The zero-order chi connectivity index (χ0) is 14.7. The lowest BCUT2D eigenvalue weighted by atomic mass is 9.94. The summed E-state index contributed by atoms with van der Waals surface area (Å²) in [6.45, 7) is 3.61. The predicted octanol–water partition coefficient (Wildman–Crippen LogP) is 1.03. The van der Waals surface area contributed by atoms with Gasteiger partial charge in [0.2, 0.25) is 5.91 Å². The van der Waals surface area contributed by atoms with Crippen LogP contribution in [0.5, 0.6) is 0 Å². The van der Waals surface area contributed by atoms with Gasteiger partial charge in [0.25, 0.3) is 0 Å². The molecule has 23 heavy (non-hydrogen) atoms. The molecule has 0 bridgehead atoms. The number of aliphatic hydroxyl groups excluding tert-OH is 1.